The van der Waals surface area contributed by atoms with Crippen molar-refractivity contribution in [1.29, 1.82) is 0 Å². The molecule has 0 aliphatic carbocycles. The quantitative estimate of drug-likeness (QED) is 0.538. The number of aryl methyl sites for hydroxylation is 2. The summed E-state index contributed by atoms with van der Waals surface area (Å²) in [7, 11) is 0. The minimum absolute atomic E-state index is 0.287. The number of rotatable bonds is 8. The van der Waals surface area contributed by atoms with E-state index in [9.17, 15) is 9.59 Å². The van der Waals surface area contributed by atoms with Gasteiger partial charge in [-0.15, -0.1) is 0 Å². The lowest BCUT2D eigenvalue weighted by atomic mass is 9.94. The molecule has 5 heteroatoms. The molecule has 0 fully saturated rings. The molecule has 1 aromatic heterocycles. The van der Waals surface area contributed by atoms with Crippen LogP contribution in [-0.4, -0.2) is 30.1 Å². The highest BCUT2D eigenvalue weighted by atomic mass is 16.5. The molecule has 23 heavy (non-hydrogen) atoms. The van der Waals surface area contributed by atoms with Crippen LogP contribution in [0.4, 0.5) is 0 Å². The number of hydrogen-bond donors (Lipinski definition) is 0. The third-order valence-electron chi connectivity index (χ3n) is 3.65. The van der Waals surface area contributed by atoms with E-state index in [4.69, 9.17) is 9.47 Å². The van der Waals surface area contributed by atoms with Gasteiger partial charge in [-0.25, -0.2) is 9.59 Å². The average molecular weight is 321 g/mol. The highest BCUT2D eigenvalue weighted by Crippen LogP contribution is 2.24. The Morgan fingerprint density at radius 3 is 1.74 bits per heavy atom. The minimum Gasteiger partial charge on any atom is -0.462 e. The molecule has 0 N–H and O–H groups in total. The van der Waals surface area contributed by atoms with Crippen molar-refractivity contribution in [3.63, 3.8) is 0 Å². The van der Waals surface area contributed by atoms with Crippen LogP contribution in [0.5, 0.6) is 0 Å². The molecule has 0 aliphatic heterocycles. The summed E-state index contributed by atoms with van der Waals surface area (Å²) < 4.78 is 10.3. The maximum atomic E-state index is 12.3. The maximum absolute atomic E-state index is 12.3. The number of carbonyl (C=O) groups is 2. The third kappa shape index (κ3) is 4.78. The van der Waals surface area contributed by atoms with E-state index in [1.807, 2.05) is 0 Å². The van der Waals surface area contributed by atoms with Crippen molar-refractivity contribution in [1.82, 2.24) is 4.98 Å². The van der Waals surface area contributed by atoms with E-state index < -0.39 is 11.9 Å². The molecule has 0 atom stereocenters. The minimum atomic E-state index is -0.422. The number of esters is 2. The summed E-state index contributed by atoms with van der Waals surface area (Å²) in [6.45, 7) is 9.76. The zero-order chi connectivity index (χ0) is 17.4. The molecule has 0 unspecified atom stereocenters. The molecule has 0 saturated heterocycles. The second-order valence-electron chi connectivity index (χ2n) is 5.41. The van der Waals surface area contributed by atoms with Crippen LogP contribution in [0.1, 0.15) is 77.7 Å². The maximum Gasteiger partial charge on any atom is 0.340 e. The molecule has 0 amide bonds. The van der Waals surface area contributed by atoms with Crippen LogP contribution in [0.2, 0.25) is 0 Å². The lowest BCUT2D eigenvalue weighted by Gasteiger charge is -2.17. The lowest BCUT2D eigenvalue weighted by Crippen LogP contribution is -2.19. The molecular weight excluding hydrogens is 294 g/mol. The van der Waals surface area contributed by atoms with Gasteiger partial charge in [-0.3, -0.25) is 4.98 Å². The van der Waals surface area contributed by atoms with Crippen LogP contribution in [-0.2, 0) is 15.9 Å². The van der Waals surface area contributed by atoms with Crippen molar-refractivity contribution >= 4 is 11.9 Å². The van der Waals surface area contributed by atoms with Gasteiger partial charge in [-0.1, -0.05) is 19.8 Å². The van der Waals surface area contributed by atoms with Crippen molar-refractivity contribution in [2.24, 2.45) is 0 Å². The standard InChI is InChI=1S/C18H27NO4/c1-6-9-10-11-14-15(17(20)22-7-2)12(4)19-13(5)16(14)18(21)23-8-3/h6-11H2,1-5H3. The van der Waals surface area contributed by atoms with Crippen LogP contribution in [0.3, 0.4) is 0 Å². The van der Waals surface area contributed by atoms with E-state index in [-0.39, 0.29) is 13.2 Å². The molecule has 0 aliphatic rings. The number of nitrogens with zero attached hydrogens (tertiary/aromatic N) is 1. The summed E-state index contributed by atoms with van der Waals surface area (Å²) in [5, 5.41) is 0. The molecule has 128 valence electrons. The first-order valence-corrected chi connectivity index (χ1v) is 8.32. The van der Waals surface area contributed by atoms with Gasteiger partial charge in [-0.05, 0) is 46.1 Å². The van der Waals surface area contributed by atoms with Gasteiger partial charge >= 0.3 is 11.9 Å². The van der Waals surface area contributed by atoms with E-state index >= 15 is 0 Å². The molecule has 1 rings (SSSR count). The fourth-order valence-corrected chi connectivity index (χ4v) is 2.68. The molecule has 1 aromatic rings. The van der Waals surface area contributed by atoms with Gasteiger partial charge in [0.15, 0.2) is 0 Å². The Kier molecular flexibility index (Phi) is 7.72. The zero-order valence-corrected chi connectivity index (χ0v) is 14.8. The molecule has 0 spiro atoms. The second kappa shape index (κ2) is 9.28. The Balaban J connectivity index is 3.43. The van der Waals surface area contributed by atoms with Crippen molar-refractivity contribution < 1.29 is 19.1 Å². The van der Waals surface area contributed by atoms with Gasteiger partial charge in [0.2, 0.25) is 0 Å². The Hall–Kier alpha value is -1.91. The summed E-state index contributed by atoms with van der Waals surface area (Å²) in [6.07, 6.45) is 3.63. The van der Waals surface area contributed by atoms with E-state index in [0.717, 1.165) is 19.3 Å². The zero-order valence-electron chi connectivity index (χ0n) is 14.8. The number of aromatic nitrogens is 1. The normalized spacial score (nSPS) is 10.5. The summed E-state index contributed by atoms with van der Waals surface area (Å²) in [5.41, 5.74) is 2.73. The van der Waals surface area contributed by atoms with Crippen LogP contribution >= 0.6 is 0 Å². The van der Waals surface area contributed by atoms with E-state index in [1.165, 1.54) is 0 Å². The predicted molar refractivity (Wildman–Crippen MR) is 88.9 cm³/mol. The number of unbranched alkanes of at least 4 members (excludes halogenated alkanes) is 2. The number of ether oxygens (including phenoxy) is 2. The van der Waals surface area contributed by atoms with Crippen molar-refractivity contribution in [3.8, 4) is 0 Å². The number of carbonyl (C=O) groups excluding carboxylic acids is 2. The van der Waals surface area contributed by atoms with Gasteiger partial charge in [0, 0.05) is 0 Å². The van der Waals surface area contributed by atoms with Crippen molar-refractivity contribution in [3.05, 3.63) is 28.1 Å². The Morgan fingerprint density at radius 1 is 0.870 bits per heavy atom. The topological polar surface area (TPSA) is 65.5 Å². The van der Waals surface area contributed by atoms with Crippen LogP contribution in [0.15, 0.2) is 0 Å². The molecule has 0 bridgehead atoms. The Morgan fingerprint density at radius 2 is 1.35 bits per heavy atom. The molecule has 1 heterocycles. The first kappa shape index (κ1) is 19.1. The Bertz CT molecular complexity index is 524. The second-order valence-corrected chi connectivity index (χ2v) is 5.41. The van der Waals surface area contributed by atoms with Gasteiger partial charge in [-0.2, -0.15) is 0 Å². The Labute approximate surface area is 138 Å². The first-order chi connectivity index (χ1) is 11.0. The van der Waals surface area contributed by atoms with E-state index in [2.05, 4.69) is 11.9 Å². The molecule has 0 saturated carbocycles. The van der Waals surface area contributed by atoms with Crippen LogP contribution in [0, 0.1) is 13.8 Å². The lowest BCUT2D eigenvalue weighted by molar-refractivity contribution is 0.0520. The average Bonchev–Trinajstić information content (AvgIpc) is 2.47. The highest BCUT2D eigenvalue weighted by molar-refractivity contribution is 5.99. The van der Waals surface area contributed by atoms with Gasteiger partial charge in [0.1, 0.15) is 0 Å². The highest BCUT2D eigenvalue weighted by Gasteiger charge is 2.26. The van der Waals surface area contributed by atoms with Gasteiger partial charge in [0.05, 0.1) is 35.7 Å². The molecular formula is C18H27NO4. The molecule has 0 radical (unpaired) electrons. The molecule has 5 nitrogen and oxygen atoms in total. The number of pyridine rings is 1. The fourth-order valence-electron chi connectivity index (χ4n) is 2.68. The smallest absolute Gasteiger partial charge is 0.340 e. The van der Waals surface area contributed by atoms with Gasteiger partial charge < -0.3 is 9.47 Å². The molecule has 0 aromatic carbocycles. The first-order valence-electron chi connectivity index (χ1n) is 8.32. The third-order valence-corrected chi connectivity index (χ3v) is 3.65. The van der Waals surface area contributed by atoms with Gasteiger partial charge in [0.25, 0.3) is 0 Å². The monoisotopic (exact) mass is 321 g/mol. The van der Waals surface area contributed by atoms with E-state index in [0.29, 0.717) is 34.5 Å². The summed E-state index contributed by atoms with van der Waals surface area (Å²) in [6, 6.07) is 0. The SMILES string of the molecule is CCCCCc1c(C(=O)OCC)c(C)nc(C)c1C(=O)OCC. The fraction of sp³-hybridized carbons (Fsp3) is 0.611. The van der Waals surface area contributed by atoms with Crippen molar-refractivity contribution in [2.45, 2.75) is 60.3 Å². The largest absolute Gasteiger partial charge is 0.462 e. The summed E-state index contributed by atoms with van der Waals surface area (Å²) >= 11 is 0. The summed E-state index contributed by atoms with van der Waals surface area (Å²) in [5.74, 6) is -0.843. The number of hydrogen-bond acceptors (Lipinski definition) is 5. The van der Waals surface area contributed by atoms with E-state index in [1.54, 1.807) is 27.7 Å². The summed E-state index contributed by atoms with van der Waals surface area (Å²) in [4.78, 5) is 29.1. The van der Waals surface area contributed by atoms with Crippen LogP contribution < -0.4 is 0 Å². The van der Waals surface area contributed by atoms with Crippen LogP contribution in [0.25, 0.3) is 0 Å². The van der Waals surface area contributed by atoms with Crippen molar-refractivity contribution in [2.75, 3.05) is 13.2 Å². The predicted octanol–water partition coefficient (Wildman–Crippen LogP) is 3.78.